The Hall–Kier alpha value is -4.19. The van der Waals surface area contributed by atoms with E-state index in [4.69, 9.17) is 14.6 Å². The highest BCUT2D eigenvalue weighted by atomic mass is 32.1. The monoisotopic (exact) mass is 525 g/mol. The van der Waals surface area contributed by atoms with Gasteiger partial charge in [0.25, 0.3) is 0 Å². The van der Waals surface area contributed by atoms with E-state index in [1.54, 1.807) is 11.4 Å². The smallest absolute Gasteiger partial charge is 0.481 e. The topological polar surface area (TPSA) is 149 Å². The molecule has 0 fully saturated rings. The number of nitrogens with zero attached hydrogens (tertiary/aromatic N) is 5. The number of aliphatic carboxylic acids is 1. The maximum atomic E-state index is 12.5. The number of alkyl halides is 3. The highest BCUT2D eigenvalue weighted by Gasteiger charge is 2.31. The minimum Gasteiger partial charge on any atom is -0.481 e. The number of aromatic nitrogens is 4. The fourth-order valence-corrected chi connectivity index (χ4v) is 3.39. The van der Waals surface area contributed by atoms with Crippen LogP contribution in [-0.2, 0) is 20.8 Å². The summed E-state index contributed by atoms with van der Waals surface area (Å²) in [5, 5.41) is 28.5. The van der Waals surface area contributed by atoms with E-state index in [1.165, 1.54) is 26.0 Å². The molecule has 0 unspecified atom stereocenters. The van der Waals surface area contributed by atoms with Gasteiger partial charge in [-0.2, -0.15) is 15.2 Å². The van der Waals surface area contributed by atoms with Crippen molar-refractivity contribution in [1.29, 1.82) is 5.26 Å². The molecule has 0 bridgehead atoms. The Morgan fingerprint density at radius 3 is 2.64 bits per heavy atom. The molecule has 15 heteroatoms. The van der Waals surface area contributed by atoms with Crippen molar-refractivity contribution in [2.45, 2.75) is 26.8 Å². The Morgan fingerprint density at radius 1 is 1.22 bits per heavy atom. The van der Waals surface area contributed by atoms with Gasteiger partial charge in [-0.25, -0.2) is 9.78 Å². The van der Waals surface area contributed by atoms with Crippen molar-refractivity contribution in [3.8, 4) is 33.8 Å². The van der Waals surface area contributed by atoms with Gasteiger partial charge in [-0.15, -0.1) is 29.6 Å². The number of benzene rings is 1. The first-order chi connectivity index (χ1) is 16.9. The molecule has 0 atom stereocenters. The van der Waals surface area contributed by atoms with E-state index in [0.717, 1.165) is 22.2 Å². The molecule has 0 spiro atoms. The molecule has 0 aliphatic carbocycles. The van der Waals surface area contributed by atoms with Gasteiger partial charge < -0.3 is 19.3 Å². The number of hydrogen-bond donors (Lipinski definition) is 1. The predicted octanol–water partition coefficient (Wildman–Crippen LogP) is 4.10. The van der Waals surface area contributed by atoms with Crippen LogP contribution in [0.5, 0.6) is 5.75 Å². The fourth-order valence-electron chi connectivity index (χ4n) is 2.59. The number of thiazole rings is 1. The molecule has 3 rings (SSSR count). The van der Waals surface area contributed by atoms with Crippen LogP contribution in [0.25, 0.3) is 22.0 Å². The second-order valence-corrected chi connectivity index (χ2v) is 8.65. The first-order valence-corrected chi connectivity index (χ1v) is 11.0. The van der Waals surface area contributed by atoms with Gasteiger partial charge in [0.15, 0.2) is 11.4 Å². The Morgan fingerprint density at radius 2 is 1.97 bits per heavy atom. The zero-order chi connectivity index (χ0) is 26.5. The van der Waals surface area contributed by atoms with Crippen molar-refractivity contribution in [2.75, 3.05) is 13.2 Å². The van der Waals surface area contributed by atoms with Crippen molar-refractivity contribution in [3.05, 3.63) is 35.3 Å². The molecule has 3 aromatic rings. The summed E-state index contributed by atoms with van der Waals surface area (Å²) in [6.07, 6.45) is -5.90. The first kappa shape index (κ1) is 26.4. The molecule has 0 saturated heterocycles. The molecule has 0 aliphatic rings. The molecule has 1 aromatic carbocycles. The van der Waals surface area contributed by atoms with Crippen molar-refractivity contribution < 1.29 is 42.1 Å². The summed E-state index contributed by atoms with van der Waals surface area (Å²) in [5.74, 6) is -1.54. The van der Waals surface area contributed by atoms with E-state index in [-0.39, 0.29) is 36.8 Å². The quantitative estimate of drug-likeness (QED) is 0.405. The van der Waals surface area contributed by atoms with Crippen molar-refractivity contribution in [1.82, 2.24) is 20.0 Å². The Labute approximate surface area is 205 Å². The third-order valence-electron chi connectivity index (χ3n) is 4.46. The van der Waals surface area contributed by atoms with E-state index in [0.29, 0.717) is 10.6 Å². The normalized spacial score (nSPS) is 11.6. The molecule has 36 heavy (non-hydrogen) atoms. The van der Waals surface area contributed by atoms with Crippen molar-refractivity contribution in [3.63, 3.8) is 0 Å². The van der Waals surface area contributed by atoms with Gasteiger partial charge in [0.05, 0.1) is 12.0 Å². The average molecular weight is 525 g/mol. The van der Waals surface area contributed by atoms with Crippen LogP contribution in [-0.4, -0.2) is 56.8 Å². The largest absolute Gasteiger partial charge is 0.573 e. The molecule has 0 radical (unpaired) electrons. The lowest BCUT2D eigenvalue weighted by molar-refractivity contribution is -0.274. The minimum atomic E-state index is -4.83. The molecule has 0 saturated carbocycles. The van der Waals surface area contributed by atoms with Crippen LogP contribution in [0.2, 0.25) is 0 Å². The fraction of sp³-hybridized carbons (Fsp3) is 0.333. The number of ether oxygens (including phenoxy) is 3. The van der Waals surface area contributed by atoms with E-state index in [1.807, 2.05) is 6.07 Å². The number of rotatable bonds is 9. The second-order valence-electron chi connectivity index (χ2n) is 7.79. The van der Waals surface area contributed by atoms with Gasteiger partial charge in [0.2, 0.25) is 0 Å². The highest BCUT2D eigenvalue weighted by molar-refractivity contribution is 7.13. The van der Waals surface area contributed by atoms with Crippen LogP contribution >= 0.6 is 11.3 Å². The second kappa shape index (κ2) is 10.6. The molecule has 11 nitrogen and oxygen atoms in total. The summed E-state index contributed by atoms with van der Waals surface area (Å²) in [5.41, 5.74) is -0.563. The van der Waals surface area contributed by atoms with Gasteiger partial charge in [0.1, 0.15) is 35.7 Å². The van der Waals surface area contributed by atoms with Crippen LogP contribution in [0.4, 0.5) is 18.0 Å². The van der Waals surface area contributed by atoms with E-state index >= 15 is 0 Å². The Kier molecular flexibility index (Phi) is 7.78. The van der Waals surface area contributed by atoms with E-state index in [2.05, 4.69) is 19.9 Å². The highest BCUT2D eigenvalue weighted by Crippen LogP contribution is 2.32. The van der Waals surface area contributed by atoms with Gasteiger partial charge in [-0.3, -0.25) is 4.79 Å². The third-order valence-corrected chi connectivity index (χ3v) is 5.35. The molecule has 1 N–H and O–H groups in total. The third kappa shape index (κ3) is 6.92. The molecular weight excluding hydrogens is 507 g/mol. The van der Waals surface area contributed by atoms with Crippen LogP contribution < -0.4 is 4.74 Å². The lowest BCUT2D eigenvalue weighted by atomic mass is 9.95. The van der Waals surface area contributed by atoms with E-state index < -0.39 is 29.7 Å². The Bertz CT molecular complexity index is 1300. The minimum absolute atomic E-state index is 0.0417. The van der Waals surface area contributed by atoms with E-state index in [9.17, 15) is 28.0 Å². The number of nitriles is 1. The number of carbonyl (C=O) groups excluding carboxylic acids is 1. The molecule has 0 amide bonds. The summed E-state index contributed by atoms with van der Waals surface area (Å²) < 4.78 is 51.1. The summed E-state index contributed by atoms with van der Waals surface area (Å²) in [6, 6.07) is 7.18. The predicted molar refractivity (Wildman–Crippen MR) is 117 cm³/mol. The SMILES string of the molecule is CC(C)(COC(=O)OCCn1nc(C#N)c(-c2csc(-c3cccc(OC(F)(F)F)c3)n2)n1)C(=O)O. The number of carbonyl (C=O) groups is 2. The molecular formula is C21H18F3N5O6S. The number of hydrogen-bond acceptors (Lipinski definition) is 10. The average Bonchev–Trinajstić information content (AvgIpc) is 3.44. The first-order valence-electron chi connectivity index (χ1n) is 10.1. The van der Waals surface area contributed by atoms with Gasteiger partial charge >= 0.3 is 18.5 Å². The zero-order valence-electron chi connectivity index (χ0n) is 18.8. The van der Waals surface area contributed by atoms with Crippen molar-refractivity contribution in [2.24, 2.45) is 5.41 Å². The van der Waals surface area contributed by atoms with Gasteiger partial charge in [-0.05, 0) is 26.0 Å². The maximum absolute atomic E-state index is 12.5. The number of carboxylic acid groups (broad SMARTS) is 1. The molecule has 2 aromatic heterocycles. The summed E-state index contributed by atoms with van der Waals surface area (Å²) >= 11 is 1.12. The summed E-state index contributed by atoms with van der Waals surface area (Å²) in [6.45, 7) is 2.12. The summed E-state index contributed by atoms with van der Waals surface area (Å²) in [4.78, 5) is 28.2. The molecule has 2 heterocycles. The standard InChI is InChI=1S/C21H18F3N5O6S/c1-20(2,18(30)31)11-34-19(32)33-7-6-29-27-14(9-25)16(28-29)15-10-36-17(26-15)12-4-3-5-13(8-12)35-21(22,23)24/h3-5,8,10H,6-7,11H2,1-2H3,(H,30,31). The van der Waals surface area contributed by atoms with Crippen LogP contribution in [0.3, 0.4) is 0 Å². The summed E-state index contributed by atoms with van der Waals surface area (Å²) in [7, 11) is 0. The van der Waals surface area contributed by atoms with Crippen LogP contribution in [0.15, 0.2) is 29.6 Å². The maximum Gasteiger partial charge on any atom is 0.573 e. The van der Waals surface area contributed by atoms with Crippen LogP contribution in [0, 0.1) is 16.7 Å². The molecule has 190 valence electrons. The van der Waals surface area contributed by atoms with Gasteiger partial charge in [-0.1, -0.05) is 12.1 Å². The van der Waals surface area contributed by atoms with Crippen molar-refractivity contribution >= 4 is 23.5 Å². The number of carboxylic acids is 1. The Balaban J connectivity index is 1.65. The lowest BCUT2D eigenvalue weighted by Gasteiger charge is -2.18. The molecule has 0 aliphatic heterocycles. The van der Waals surface area contributed by atoms with Gasteiger partial charge in [0, 0.05) is 10.9 Å². The zero-order valence-corrected chi connectivity index (χ0v) is 19.6. The number of halogens is 3. The lowest BCUT2D eigenvalue weighted by Crippen LogP contribution is -2.30. The van der Waals surface area contributed by atoms with Crippen LogP contribution in [0.1, 0.15) is 19.5 Å².